The van der Waals surface area contributed by atoms with Crippen LogP contribution >= 0.6 is 23.4 Å². The van der Waals surface area contributed by atoms with Gasteiger partial charge in [0.25, 0.3) is 0 Å². The Bertz CT molecular complexity index is 61.5. The molecule has 0 spiro atoms. The summed E-state index contributed by atoms with van der Waals surface area (Å²) >= 11 is 7.29. The van der Waals surface area contributed by atoms with Crippen LogP contribution in [-0.2, 0) is 0 Å². The van der Waals surface area contributed by atoms with Crippen LogP contribution in [0.4, 0.5) is 0 Å². The molecule has 0 bridgehead atoms. The van der Waals surface area contributed by atoms with E-state index in [4.69, 9.17) is 11.6 Å². The Labute approximate surface area is 60.3 Å². The molecule has 0 atom stereocenters. The van der Waals surface area contributed by atoms with Crippen LogP contribution in [0.3, 0.4) is 0 Å². The van der Waals surface area contributed by atoms with Gasteiger partial charge in [-0.3, -0.25) is 0 Å². The molecule has 2 heteroatoms. The fraction of sp³-hybridized carbons (Fsp3) is 0.667. The summed E-state index contributed by atoms with van der Waals surface area (Å²) in [5, 5.41) is 0. The standard InChI is InChI=1S/C6H11ClS/c1-2-8-6-4-3-5-7/h3-4H,2,5-6H2,1H3. The van der Waals surface area contributed by atoms with E-state index in [0.717, 1.165) is 5.75 Å². The molecule has 0 N–H and O–H groups in total. The lowest BCUT2D eigenvalue weighted by molar-refractivity contribution is 1.51. The van der Waals surface area contributed by atoms with E-state index >= 15 is 0 Å². The first-order chi connectivity index (χ1) is 3.91. The monoisotopic (exact) mass is 150 g/mol. The Morgan fingerprint density at radius 3 is 2.75 bits per heavy atom. The Kier molecular flexibility index (Phi) is 7.73. The lowest BCUT2D eigenvalue weighted by Crippen LogP contribution is -1.71. The van der Waals surface area contributed by atoms with Crippen LogP contribution in [0, 0.1) is 0 Å². The molecule has 0 aliphatic carbocycles. The van der Waals surface area contributed by atoms with Crippen LogP contribution in [-0.4, -0.2) is 17.4 Å². The molecule has 0 saturated carbocycles. The molecular weight excluding hydrogens is 140 g/mol. The van der Waals surface area contributed by atoms with E-state index in [0.29, 0.717) is 5.88 Å². The van der Waals surface area contributed by atoms with Crippen molar-refractivity contribution in [2.24, 2.45) is 0 Å². The van der Waals surface area contributed by atoms with Crippen LogP contribution in [0.15, 0.2) is 12.2 Å². The Balaban J connectivity index is 2.80. The first-order valence-corrected chi connectivity index (χ1v) is 4.39. The van der Waals surface area contributed by atoms with Gasteiger partial charge in [-0.1, -0.05) is 19.1 Å². The van der Waals surface area contributed by atoms with Crippen LogP contribution in [0.1, 0.15) is 6.92 Å². The maximum absolute atomic E-state index is 5.38. The number of rotatable bonds is 4. The van der Waals surface area contributed by atoms with E-state index in [2.05, 4.69) is 13.0 Å². The summed E-state index contributed by atoms with van der Waals surface area (Å²) in [6.45, 7) is 2.15. The lowest BCUT2D eigenvalue weighted by atomic mass is 10.6. The van der Waals surface area contributed by atoms with Crippen molar-refractivity contribution in [2.75, 3.05) is 17.4 Å². The van der Waals surface area contributed by atoms with E-state index in [9.17, 15) is 0 Å². The third-order valence-electron chi connectivity index (χ3n) is 0.674. The molecule has 0 fully saturated rings. The van der Waals surface area contributed by atoms with Gasteiger partial charge in [-0.25, -0.2) is 0 Å². The Morgan fingerprint density at radius 2 is 2.25 bits per heavy atom. The molecule has 0 heterocycles. The first kappa shape index (κ1) is 8.38. The summed E-state index contributed by atoms with van der Waals surface area (Å²) in [5.41, 5.74) is 0. The van der Waals surface area contributed by atoms with Crippen molar-refractivity contribution in [3.8, 4) is 0 Å². The predicted octanol–water partition coefficient (Wildman–Crippen LogP) is 2.53. The molecule has 0 unspecified atom stereocenters. The van der Waals surface area contributed by atoms with Crippen LogP contribution in [0.2, 0.25) is 0 Å². The fourth-order valence-electron chi connectivity index (χ4n) is 0.317. The number of halogens is 1. The fourth-order valence-corrected chi connectivity index (χ4v) is 0.951. The largest absolute Gasteiger partial charge is 0.158 e. The van der Waals surface area contributed by atoms with E-state index in [1.165, 1.54) is 5.75 Å². The van der Waals surface area contributed by atoms with Crippen molar-refractivity contribution in [1.29, 1.82) is 0 Å². The average molecular weight is 151 g/mol. The third-order valence-corrected chi connectivity index (χ3v) is 1.69. The topological polar surface area (TPSA) is 0 Å². The highest BCUT2D eigenvalue weighted by atomic mass is 35.5. The molecule has 0 aromatic heterocycles. The van der Waals surface area contributed by atoms with Crippen molar-refractivity contribution < 1.29 is 0 Å². The van der Waals surface area contributed by atoms with Gasteiger partial charge >= 0.3 is 0 Å². The molecule has 0 aromatic rings. The van der Waals surface area contributed by atoms with Gasteiger partial charge in [0, 0.05) is 11.6 Å². The molecule has 48 valence electrons. The minimum absolute atomic E-state index is 0.643. The van der Waals surface area contributed by atoms with Crippen LogP contribution in [0.25, 0.3) is 0 Å². The summed E-state index contributed by atoms with van der Waals surface area (Å²) in [4.78, 5) is 0. The highest BCUT2D eigenvalue weighted by Crippen LogP contribution is 1.97. The van der Waals surface area contributed by atoms with Gasteiger partial charge in [0.1, 0.15) is 0 Å². The Hall–Kier alpha value is 0.380. The maximum atomic E-state index is 5.38. The van der Waals surface area contributed by atoms with Gasteiger partial charge in [0.15, 0.2) is 0 Å². The quantitative estimate of drug-likeness (QED) is 0.337. The Morgan fingerprint density at radius 1 is 1.50 bits per heavy atom. The summed E-state index contributed by atoms with van der Waals surface area (Å²) in [7, 11) is 0. The second-order valence-corrected chi connectivity index (χ2v) is 2.91. The van der Waals surface area contributed by atoms with Gasteiger partial charge in [-0.05, 0) is 5.75 Å². The van der Waals surface area contributed by atoms with Gasteiger partial charge in [-0.15, -0.1) is 11.6 Å². The number of thioether (sulfide) groups is 1. The van der Waals surface area contributed by atoms with Gasteiger partial charge in [0.2, 0.25) is 0 Å². The van der Waals surface area contributed by atoms with Crippen molar-refractivity contribution >= 4 is 23.4 Å². The molecule has 0 rings (SSSR count). The summed E-state index contributed by atoms with van der Waals surface area (Å²) < 4.78 is 0. The molecule has 8 heavy (non-hydrogen) atoms. The highest BCUT2D eigenvalue weighted by Gasteiger charge is 1.74. The van der Waals surface area contributed by atoms with E-state index in [1.807, 2.05) is 17.8 Å². The summed E-state index contributed by atoms with van der Waals surface area (Å²) in [6, 6.07) is 0. The smallest absolute Gasteiger partial charge is 0.0404 e. The van der Waals surface area contributed by atoms with E-state index in [1.54, 1.807) is 0 Å². The van der Waals surface area contributed by atoms with Crippen molar-refractivity contribution in [2.45, 2.75) is 6.92 Å². The molecule has 0 amide bonds. The average Bonchev–Trinajstić information content (AvgIpc) is 1.81. The zero-order chi connectivity index (χ0) is 6.24. The number of alkyl halides is 1. The van der Waals surface area contributed by atoms with Gasteiger partial charge < -0.3 is 0 Å². The van der Waals surface area contributed by atoms with E-state index in [-0.39, 0.29) is 0 Å². The maximum Gasteiger partial charge on any atom is 0.0404 e. The summed E-state index contributed by atoms with van der Waals surface area (Å²) in [6.07, 6.45) is 4.07. The molecule has 0 nitrogen and oxygen atoms in total. The molecule has 0 aliphatic rings. The molecule has 0 radical (unpaired) electrons. The first-order valence-electron chi connectivity index (χ1n) is 2.70. The molecule has 0 aliphatic heterocycles. The summed E-state index contributed by atoms with van der Waals surface area (Å²) in [5.74, 6) is 2.93. The zero-order valence-electron chi connectivity index (χ0n) is 5.06. The number of hydrogen-bond acceptors (Lipinski definition) is 1. The third kappa shape index (κ3) is 6.38. The minimum Gasteiger partial charge on any atom is -0.158 e. The van der Waals surface area contributed by atoms with Crippen LogP contribution < -0.4 is 0 Å². The molecule has 0 aromatic carbocycles. The lowest BCUT2D eigenvalue weighted by Gasteiger charge is -1.85. The van der Waals surface area contributed by atoms with Crippen molar-refractivity contribution in [3.63, 3.8) is 0 Å². The number of hydrogen-bond donors (Lipinski definition) is 0. The predicted molar refractivity (Wildman–Crippen MR) is 42.9 cm³/mol. The van der Waals surface area contributed by atoms with Gasteiger partial charge in [0.05, 0.1) is 0 Å². The highest BCUT2D eigenvalue weighted by molar-refractivity contribution is 7.99. The normalized spacial score (nSPS) is 10.8. The second-order valence-electron chi connectivity index (χ2n) is 1.29. The van der Waals surface area contributed by atoms with Crippen molar-refractivity contribution in [1.82, 2.24) is 0 Å². The second kappa shape index (κ2) is 7.38. The molecule has 0 saturated heterocycles. The van der Waals surface area contributed by atoms with E-state index < -0.39 is 0 Å². The zero-order valence-corrected chi connectivity index (χ0v) is 6.63. The minimum atomic E-state index is 0.643. The number of allylic oxidation sites excluding steroid dienone is 1. The SMILES string of the molecule is CCSCC=CCCl. The van der Waals surface area contributed by atoms with Crippen LogP contribution in [0.5, 0.6) is 0 Å². The van der Waals surface area contributed by atoms with Crippen molar-refractivity contribution in [3.05, 3.63) is 12.2 Å². The molecular formula is C6H11ClS. The van der Waals surface area contributed by atoms with Gasteiger partial charge in [-0.2, -0.15) is 11.8 Å².